The van der Waals surface area contributed by atoms with Gasteiger partial charge in [0.05, 0.1) is 0 Å². The molecule has 18 heavy (non-hydrogen) atoms. The molecule has 0 aromatic heterocycles. The number of rotatable bonds is 4. The van der Waals surface area contributed by atoms with Crippen molar-refractivity contribution in [1.82, 2.24) is 5.32 Å². The third-order valence-corrected chi connectivity index (χ3v) is 3.40. The number of benzene rings is 1. The second kappa shape index (κ2) is 5.41. The van der Waals surface area contributed by atoms with E-state index in [4.69, 9.17) is 0 Å². The predicted molar refractivity (Wildman–Crippen MR) is 76.5 cm³/mol. The van der Waals surface area contributed by atoms with E-state index in [1.165, 1.54) is 13.8 Å². The maximum Gasteiger partial charge on any atom is 0.251 e. The Bertz CT molecular complexity index is 418. The molecule has 0 unspecified atom stereocenters. The van der Waals surface area contributed by atoms with Gasteiger partial charge in [-0.3, -0.25) is 4.79 Å². The number of hydrogen-bond donors (Lipinski definition) is 2. The summed E-state index contributed by atoms with van der Waals surface area (Å²) in [6.07, 6.45) is 0. The van der Waals surface area contributed by atoms with Crippen molar-refractivity contribution < 1.29 is 9.90 Å². The standard InChI is InChI=1S/C14H20BrNO2/c1-13(2,9-16-12(17)14(3,4)18)10-5-7-11(15)8-6-10/h5-8,18H,9H2,1-4H3,(H,16,17). The molecule has 3 nitrogen and oxygen atoms in total. The molecule has 0 aliphatic rings. The summed E-state index contributed by atoms with van der Waals surface area (Å²) in [7, 11) is 0. The maximum atomic E-state index is 11.6. The zero-order valence-corrected chi connectivity index (χ0v) is 12.8. The number of aliphatic hydroxyl groups is 1. The minimum atomic E-state index is -1.34. The van der Waals surface area contributed by atoms with Gasteiger partial charge < -0.3 is 10.4 Å². The summed E-state index contributed by atoms with van der Waals surface area (Å²) in [5.74, 6) is -0.354. The third kappa shape index (κ3) is 4.10. The van der Waals surface area contributed by atoms with E-state index < -0.39 is 5.60 Å². The highest BCUT2D eigenvalue weighted by atomic mass is 79.9. The first kappa shape index (κ1) is 15.2. The van der Waals surface area contributed by atoms with Gasteiger partial charge in [-0.1, -0.05) is 41.9 Å². The highest BCUT2D eigenvalue weighted by Crippen LogP contribution is 2.24. The molecule has 0 heterocycles. The Hall–Kier alpha value is -0.870. The van der Waals surface area contributed by atoms with E-state index in [-0.39, 0.29) is 11.3 Å². The second-order valence-corrected chi connectivity index (χ2v) is 6.55. The van der Waals surface area contributed by atoms with Crippen LogP contribution in [0.3, 0.4) is 0 Å². The molecule has 1 rings (SSSR count). The average molecular weight is 314 g/mol. The van der Waals surface area contributed by atoms with Crippen molar-refractivity contribution in [3.05, 3.63) is 34.3 Å². The number of amides is 1. The molecule has 0 aliphatic carbocycles. The Balaban J connectivity index is 2.71. The fourth-order valence-electron chi connectivity index (χ4n) is 1.52. The van der Waals surface area contributed by atoms with Crippen molar-refractivity contribution in [2.24, 2.45) is 0 Å². The minimum Gasteiger partial charge on any atom is -0.381 e. The van der Waals surface area contributed by atoms with Crippen LogP contribution in [-0.4, -0.2) is 23.2 Å². The molecule has 4 heteroatoms. The Labute approximate surface area is 117 Å². The lowest BCUT2D eigenvalue weighted by Crippen LogP contribution is -2.46. The van der Waals surface area contributed by atoms with Crippen LogP contribution in [0, 0.1) is 0 Å². The summed E-state index contributed by atoms with van der Waals surface area (Å²) >= 11 is 3.40. The van der Waals surface area contributed by atoms with Crippen molar-refractivity contribution in [2.45, 2.75) is 38.7 Å². The lowest BCUT2D eigenvalue weighted by atomic mass is 9.84. The molecule has 0 spiro atoms. The fraction of sp³-hybridized carbons (Fsp3) is 0.500. The Morgan fingerprint density at radius 1 is 1.22 bits per heavy atom. The van der Waals surface area contributed by atoms with Gasteiger partial charge in [-0.25, -0.2) is 0 Å². The molecular weight excluding hydrogens is 294 g/mol. The van der Waals surface area contributed by atoms with E-state index in [9.17, 15) is 9.90 Å². The van der Waals surface area contributed by atoms with Crippen LogP contribution < -0.4 is 5.32 Å². The number of hydrogen-bond acceptors (Lipinski definition) is 2. The molecule has 0 saturated heterocycles. The van der Waals surface area contributed by atoms with Crippen LogP contribution >= 0.6 is 15.9 Å². The predicted octanol–water partition coefficient (Wildman–Crippen LogP) is 2.61. The van der Waals surface area contributed by atoms with Crippen LogP contribution in [-0.2, 0) is 10.2 Å². The monoisotopic (exact) mass is 313 g/mol. The lowest BCUT2D eigenvalue weighted by Gasteiger charge is -2.27. The molecule has 0 radical (unpaired) electrons. The van der Waals surface area contributed by atoms with Gasteiger partial charge in [-0.2, -0.15) is 0 Å². The van der Waals surface area contributed by atoms with Crippen molar-refractivity contribution in [1.29, 1.82) is 0 Å². The van der Waals surface area contributed by atoms with E-state index in [2.05, 4.69) is 35.1 Å². The summed E-state index contributed by atoms with van der Waals surface area (Å²) in [5, 5.41) is 12.3. The molecule has 0 aliphatic heterocycles. The quantitative estimate of drug-likeness (QED) is 0.897. The van der Waals surface area contributed by atoms with Gasteiger partial charge in [0, 0.05) is 16.4 Å². The van der Waals surface area contributed by atoms with E-state index in [0.717, 1.165) is 10.0 Å². The van der Waals surface area contributed by atoms with Crippen molar-refractivity contribution >= 4 is 21.8 Å². The first-order valence-corrected chi connectivity index (χ1v) is 6.69. The number of nitrogens with one attached hydrogen (secondary N) is 1. The molecule has 0 bridgehead atoms. The Morgan fingerprint density at radius 2 is 1.72 bits per heavy atom. The van der Waals surface area contributed by atoms with Crippen LogP contribution in [0.4, 0.5) is 0 Å². The van der Waals surface area contributed by atoms with Crippen LogP contribution in [0.25, 0.3) is 0 Å². The molecule has 2 N–H and O–H groups in total. The molecule has 100 valence electrons. The average Bonchev–Trinajstić information content (AvgIpc) is 2.25. The molecular formula is C14H20BrNO2. The smallest absolute Gasteiger partial charge is 0.251 e. The Kier molecular flexibility index (Phi) is 4.56. The molecule has 1 aromatic carbocycles. The first-order chi connectivity index (χ1) is 8.13. The largest absolute Gasteiger partial charge is 0.381 e. The first-order valence-electron chi connectivity index (χ1n) is 5.90. The minimum absolute atomic E-state index is 0.179. The Morgan fingerprint density at radius 3 is 2.17 bits per heavy atom. The van der Waals surface area contributed by atoms with Gasteiger partial charge in [-0.05, 0) is 31.5 Å². The van der Waals surface area contributed by atoms with Gasteiger partial charge in [0.2, 0.25) is 0 Å². The molecule has 0 fully saturated rings. The zero-order chi connectivity index (χ0) is 14.0. The highest BCUT2D eigenvalue weighted by molar-refractivity contribution is 9.10. The van der Waals surface area contributed by atoms with Gasteiger partial charge in [-0.15, -0.1) is 0 Å². The van der Waals surface area contributed by atoms with Crippen molar-refractivity contribution in [3.8, 4) is 0 Å². The SMILES string of the molecule is CC(C)(O)C(=O)NCC(C)(C)c1ccc(Br)cc1. The third-order valence-electron chi connectivity index (χ3n) is 2.87. The van der Waals surface area contributed by atoms with Crippen molar-refractivity contribution in [2.75, 3.05) is 6.54 Å². The summed E-state index contributed by atoms with van der Waals surface area (Å²) in [4.78, 5) is 11.6. The summed E-state index contributed by atoms with van der Waals surface area (Å²) in [5.41, 5.74) is -0.376. The number of halogens is 1. The van der Waals surface area contributed by atoms with Crippen LogP contribution in [0.15, 0.2) is 28.7 Å². The molecule has 1 amide bonds. The zero-order valence-electron chi connectivity index (χ0n) is 11.2. The summed E-state index contributed by atoms with van der Waals surface area (Å²) < 4.78 is 1.03. The van der Waals surface area contributed by atoms with Crippen LogP contribution in [0.2, 0.25) is 0 Å². The summed E-state index contributed by atoms with van der Waals surface area (Å²) in [6.45, 7) is 7.56. The molecule has 0 atom stereocenters. The van der Waals surface area contributed by atoms with E-state index >= 15 is 0 Å². The number of carbonyl (C=O) groups is 1. The van der Waals surface area contributed by atoms with Crippen LogP contribution in [0.1, 0.15) is 33.3 Å². The topological polar surface area (TPSA) is 49.3 Å². The maximum absolute atomic E-state index is 11.6. The van der Waals surface area contributed by atoms with Crippen LogP contribution in [0.5, 0.6) is 0 Å². The van der Waals surface area contributed by atoms with Crippen molar-refractivity contribution in [3.63, 3.8) is 0 Å². The van der Waals surface area contributed by atoms with E-state index in [1.807, 2.05) is 24.3 Å². The second-order valence-electron chi connectivity index (χ2n) is 5.63. The van der Waals surface area contributed by atoms with Gasteiger partial charge in [0.25, 0.3) is 5.91 Å². The van der Waals surface area contributed by atoms with Gasteiger partial charge in [0.1, 0.15) is 5.60 Å². The number of carbonyl (C=O) groups excluding carboxylic acids is 1. The van der Waals surface area contributed by atoms with Gasteiger partial charge in [0.15, 0.2) is 0 Å². The normalized spacial score (nSPS) is 12.3. The lowest BCUT2D eigenvalue weighted by molar-refractivity contribution is -0.136. The fourth-order valence-corrected chi connectivity index (χ4v) is 1.79. The van der Waals surface area contributed by atoms with E-state index in [1.54, 1.807) is 0 Å². The summed E-state index contributed by atoms with van der Waals surface area (Å²) in [6, 6.07) is 8.02. The van der Waals surface area contributed by atoms with E-state index in [0.29, 0.717) is 6.54 Å². The molecule has 0 saturated carbocycles. The molecule has 1 aromatic rings. The van der Waals surface area contributed by atoms with Gasteiger partial charge >= 0.3 is 0 Å². The highest BCUT2D eigenvalue weighted by Gasteiger charge is 2.27.